The highest BCUT2D eigenvalue weighted by molar-refractivity contribution is 5.61. The lowest BCUT2D eigenvalue weighted by molar-refractivity contribution is -0.385. The number of nitrogens with zero attached hydrogens (tertiary/aromatic N) is 4. The van der Waals surface area contributed by atoms with E-state index in [0.717, 1.165) is 30.8 Å². The highest BCUT2D eigenvalue weighted by Gasteiger charge is 2.25. The first-order valence-electron chi connectivity index (χ1n) is 8.83. The van der Waals surface area contributed by atoms with Crippen molar-refractivity contribution in [2.75, 3.05) is 44.7 Å². The van der Waals surface area contributed by atoms with E-state index in [0.29, 0.717) is 25.5 Å². The number of hydrogen-bond acceptors (Lipinski definition) is 8. The van der Waals surface area contributed by atoms with E-state index in [2.05, 4.69) is 20.2 Å². The van der Waals surface area contributed by atoms with Gasteiger partial charge in [-0.1, -0.05) is 6.07 Å². The lowest BCUT2D eigenvalue weighted by atomic mass is 10.1. The molecule has 1 saturated heterocycles. The molecule has 9 heteroatoms. The predicted octanol–water partition coefficient (Wildman–Crippen LogP) is 2.54. The number of aryl methyl sites for hydroxylation is 2. The normalized spacial score (nSPS) is 14.7. The van der Waals surface area contributed by atoms with Gasteiger partial charge in [0.15, 0.2) is 0 Å². The fraction of sp³-hybridized carbons (Fsp3) is 0.444. The van der Waals surface area contributed by atoms with E-state index in [4.69, 9.17) is 9.47 Å². The highest BCUT2D eigenvalue weighted by atomic mass is 16.6. The largest absolute Gasteiger partial charge is 0.434 e. The maximum atomic E-state index is 11.6. The summed E-state index contributed by atoms with van der Waals surface area (Å²) in [5, 5.41) is 14.6. The van der Waals surface area contributed by atoms with E-state index in [-0.39, 0.29) is 17.4 Å². The van der Waals surface area contributed by atoms with Gasteiger partial charge in [-0.05, 0) is 37.1 Å². The van der Waals surface area contributed by atoms with Crippen molar-refractivity contribution in [1.82, 2.24) is 14.9 Å². The van der Waals surface area contributed by atoms with E-state index in [1.54, 1.807) is 6.07 Å². The molecule has 1 aliphatic heterocycles. The first-order valence-corrected chi connectivity index (χ1v) is 8.83. The monoisotopic (exact) mass is 373 g/mol. The molecule has 0 radical (unpaired) electrons. The molecule has 0 unspecified atom stereocenters. The number of rotatable bonds is 7. The molecule has 27 heavy (non-hydrogen) atoms. The zero-order valence-corrected chi connectivity index (χ0v) is 15.5. The quantitative estimate of drug-likeness (QED) is 0.583. The van der Waals surface area contributed by atoms with Crippen molar-refractivity contribution in [2.45, 2.75) is 13.8 Å². The topological polar surface area (TPSA) is 103 Å². The minimum Gasteiger partial charge on any atom is -0.434 e. The molecule has 0 bridgehead atoms. The van der Waals surface area contributed by atoms with Crippen molar-refractivity contribution in [3.05, 3.63) is 45.8 Å². The van der Waals surface area contributed by atoms with Crippen LogP contribution < -0.4 is 10.1 Å². The second-order valence-electron chi connectivity index (χ2n) is 6.36. The van der Waals surface area contributed by atoms with E-state index in [1.165, 1.54) is 6.33 Å². The summed E-state index contributed by atoms with van der Waals surface area (Å²) in [6.45, 7) is 8.35. The summed E-state index contributed by atoms with van der Waals surface area (Å²) < 4.78 is 11.0. The van der Waals surface area contributed by atoms with Crippen LogP contribution in [0.2, 0.25) is 0 Å². The predicted molar refractivity (Wildman–Crippen MR) is 100 cm³/mol. The van der Waals surface area contributed by atoms with Gasteiger partial charge in [-0.3, -0.25) is 15.0 Å². The fourth-order valence-electron chi connectivity index (χ4n) is 2.78. The molecule has 144 valence electrons. The summed E-state index contributed by atoms with van der Waals surface area (Å²) in [5.74, 6) is 0.577. The number of aromatic nitrogens is 2. The van der Waals surface area contributed by atoms with Crippen molar-refractivity contribution < 1.29 is 14.4 Å². The Kier molecular flexibility index (Phi) is 6.15. The molecule has 0 aliphatic carbocycles. The van der Waals surface area contributed by atoms with Crippen LogP contribution in [-0.4, -0.2) is 59.2 Å². The molecule has 3 rings (SSSR count). The molecule has 2 aromatic rings. The highest BCUT2D eigenvalue weighted by Crippen LogP contribution is 2.34. The van der Waals surface area contributed by atoms with Crippen LogP contribution in [0.5, 0.6) is 11.6 Å². The molecule has 9 nitrogen and oxygen atoms in total. The number of nitro groups is 1. The van der Waals surface area contributed by atoms with Crippen molar-refractivity contribution in [1.29, 1.82) is 0 Å². The zero-order chi connectivity index (χ0) is 19.2. The van der Waals surface area contributed by atoms with Crippen molar-refractivity contribution in [3.63, 3.8) is 0 Å². The number of anilines is 1. The van der Waals surface area contributed by atoms with Gasteiger partial charge in [-0.25, -0.2) is 4.98 Å². The van der Waals surface area contributed by atoms with Crippen LogP contribution in [0.25, 0.3) is 0 Å². The van der Waals surface area contributed by atoms with Crippen LogP contribution in [0.3, 0.4) is 0 Å². The lowest BCUT2D eigenvalue weighted by Gasteiger charge is -2.26. The van der Waals surface area contributed by atoms with Gasteiger partial charge in [-0.15, -0.1) is 0 Å². The second kappa shape index (κ2) is 8.74. The fourth-order valence-corrected chi connectivity index (χ4v) is 2.78. The van der Waals surface area contributed by atoms with E-state index in [9.17, 15) is 10.1 Å². The smallest absolute Gasteiger partial charge is 0.373 e. The third-order valence-electron chi connectivity index (χ3n) is 4.49. The summed E-state index contributed by atoms with van der Waals surface area (Å²) in [7, 11) is 0. The Labute approximate surface area is 157 Å². The molecular formula is C18H23N5O4. The minimum atomic E-state index is -0.520. The standard InChI is InChI=1S/C18H23N5O4/c1-13-3-4-15(11-14(13)2)27-18-16(23(24)25)17(20-12-21-18)19-5-6-22-7-9-26-10-8-22/h3-4,11-12H,5-10H2,1-2H3,(H,19,20,21). The molecule has 2 heterocycles. The van der Waals surface area contributed by atoms with Crippen LogP contribution in [-0.2, 0) is 4.74 Å². The third-order valence-corrected chi connectivity index (χ3v) is 4.49. The first kappa shape index (κ1) is 19.0. The summed E-state index contributed by atoms with van der Waals surface area (Å²) in [5.41, 5.74) is 1.88. The Hall–Kier alpha value is -2.78. The number of ether oxygens (including phenoxy) is 2. The van der Waals surface area contributed by atoms with Gasteiger partial charge in [0.25, 0.3) is 0 Å². The van der Waals surface area contributed by atoms with E-state index in [1.807, 2.05) is 26.0 Å². The van der Waals surface area contributed by atoms with Gasteiger partial charge in [0.2, 0.25) is 5.82 Å². The molecule has 1 aliphatic rings. The number of benzene rings is 1. The maximum Gasteiger partial charge on any atom is 0.373 e. The molecule has 0 spiro atoms. The van der Waals surface area contributed by atoms with Gasteiger partial charge in [0.1, 0.15) is 12.1 Å². The van der Waals surface area contributed by atoms with Gasteiger partial charge < -0.3 is 14.8 Å². The lowest BCUT2D eigenvalue weighted by Crippen LogP contribution is -2.39. The van der Waals surface area contributed by atoms with Crippen molar-refractivity contribution in [2.24, 2.45) is 0 Å². The second-order valence-corrected chi connectivity index (χ2v) is 6.36. The van der Waals surface area contributed by atoms with Crippen LogP contribution in [0, 0.1) is 24.0 Å². The van der Waals surface area contributed by atoms with Crippen LogP contribution in [0.4, 0.5) is 11.5 Å². The van der Waals surface area contributed by atoms with Crippen LogP contribution in [0.1, 0.15) is 11.1 Å². The van der Waals surface area contributed by atoms with Crippen LogP contribution >= 0.6 is 0 Å². The Morgan fingerprint density at radius 1 is 1.26 bits per heavy atom. The Morgan fingerprint density at radius 3 is 2.74 bits per heavy atom. The summed E-state index contributed by atoms with van der Waals surface area (Å²) in [6.07, 6.45) is 1.26. The third kappa shape index (κ3) is 4.89. The minimum absolute atomic E-state index is 0.0767. The van der Waals surface area contributed by atoms with Crippen molar-refractivity contribution >= 4 is 11.5 Å². The molecule has 0 amide bonds. The summed E-state index contributed by atoms with van der Waals surface area (Å²) in [4.78, 5) is 21.3. The van der Waals surface area contributed by atoms with Crippen molar-refractivity contribution in [3.8, 4) is 11.6 Å². The SMILES string of the molecule is Cc1ccc(Oc2ncnc(NCCN3CCOCC3)c2[N+](=O)[O-])cc1C. The number of morpholine rings is 1. The average Bonchev–Trinajstić information content (AvgIpc) is 2.65. The zero-order valence-electron chi connectivity index (χ0n) is 15.5. The Morgan fingerprint density at radius 2 is 2.04 bits per heavy atom. The van der Waals surface area contributed by atoms with Crippen LogP contribution in [0.15, 0.2) is 24.5 Å². The molecular weight excluding hydrogens is 350 g/mol. The van der Waals surface area contributed by atoms with Gasteiger partial charge in [0, 0.05) is 26.2 Å². The van der Waals surface area contributed by atoms with E-state index < -0.39 is 4.92 Å². The molecule has 1 aromatic carbocycles. The number of nitrogens with one attached hydrogen (secondary N) is 1. The molecule has 1 aromatic heterocycles. The molecule has 0 atom stereocenters. The van der Waals surface area contributed by atoms with Gasteiger partial charge >= 0.3 is 11.6 Å². The maximum absolute atomic E-state index is 11.6. The number of hydrogen-bond donors (Lipinski definition) is 1. The average molecular weight is 373 g/mol. The Bertz CT molecular complexity index is 808. The molecule has 1 fully saturated rings. The van der Waals surface area contributed by atoms with Gasteiger partial charge in [0.05, 0.1) is 18.1 Å². The Balaban J connectivity index is 1.73. The molecule has 1 N–H and O–H groups in total. The van der Waals surface area contributed by atoms with E-state index >= 15 is 0 Å². The molecule has 0 saturated carbocycles. The summed E-state index contributed by atoms with van der Waals surface area (Å²) in [6, 6.07) is 5.49. The van der Waals surface area contributed by atoms with Gasteiger partial charge in [-0.2, -0.15) is 4.98 Å². The first-order chi connectivity index (χ1) is 13.0. The summed E-state index contributed by atoms with van der Waals surface area (Å²) >= 11 is 0.